The molecule has 23 heavy (non-hydrogen) atoms. The molecule has 0 spiro atoms. The van der Waals surface area contributed by atoms with Crippen LogP contribution >= 0.6 is 12.4 Å². The molecule has 0 bridgehead atoms. The molecule has 2 saturated heterocycles. The number of carbonyl (C=O) groups is 1. The fraction of sp³-hybridized carbons (Fsp3) is 0.750. The Labute approximate surface area is 144 Å². The van der Waals surface area contributed by atoms with Gasteiger partial charge in [-0.05, 0) is 27.2 Å². The van der Waals surface area contributed by atoms with Crippen LogP contribution in [0, 0.1) is 0 Å². The molecule has 130 valence electrons. The summed E-state index contributed by atoms with van der Waals surface area (Å²) in [6, 6.07) is 0.517. The Hall–Kier alpha value is -1.11. The van der Waals surface area contributed by atoms with Crippen molar-refractivity contribution < 1.29 is 4.79 Å². The summed E-state index contributed by atoms with van der Waals surface area (Å²) >= 11 is 0. The van der Waals surface area contributed by atoms with Gasteiger partial charge in [0.15, 0.2) is 0 Å². The number of amides is 1. The molecule has 0 aliphatic carbocycles. The maximum atomic E-state index is 12.7. The molecule has 2 aliphatic heterocycles. The largest absolute Gasteiger partial charge is 0.337 e. The molecule has 3 rings (SSSR count). The van der Waals surface area contributed by atoms with Crippen molar-refractivity contribution in [2.45, 2.75) is 38.8 Å². The van der Waals surface area contributed by atoms with Crippen LogP contribution in [-0.2, 0) is 5.54 Å². The van der Waals surface area contributed by atoms with E-state index in [1.165, 1.54) is 0 Å². The Morgan fingerprint density at radius 2 is 1.96 bits per heavy atom. The monoisotopic (exact) mass is 341 g/mol. The Morgan fingerprint density at radius 1 is 1.26 bits per heavy atom. The van der Waals surface area contributed by atoms with E-state index in [0.29, 0.717) is 11.6 Å². The van der Waals surface area contributed by atoms with Gasteiger partial charge in [-0.15, -0.1) is 12.4 Å². The number of piperazine rings is 1. The van der Waals surface area contributed by atoms with E-state index >= 15 is 0 Å². The van der Waals surface area contributed by atoms with Crippen molar-refractivity contribution in [1.29, 1.82) is 0 Å². The maximum absolute atomic E-state index is 12.7. The minimum Gasteiger partial charge on any atom is -0.337 e. The zero-order valence-electron chi connectivity index (χ0n) is 14.3. The van der Waals surface area contributed by atoms with E-state index in [-0.39, 0.29) is 23.9 Å². The third-order valence-electron chi connectivity index (χ3n) is 4.64. The average Bonchev–Trinajstić information content (AvgIpc) is 3.16. The SMILES string of the molecule is CC(C)(C)n1cc(C(=O)N2CCC(N3CCNCC3)C2)cn1.Cl. The van der Waals surface area contributed by atoms with Gasteiger partial charge >= 0.3 is 0 Å². The van der Waals surface area contributed by atoms with Crippen molar-refractivity contribution >= 4 is 18.3 Å². The standard InChI is InChI=1S/C16H27N5O.ClH/c1-16(2,3)21-11-13(10-18-21)15(22)20-7-4-14(12-20)19-8-5-17-6-9-19;/h10-11,14,17H,4-9,12H2,1-3H3;1H. The summed E-state index contributed by atoms with van der Waals surface area (Å²) in [4.78, 5) is 17.2. The van der Waals surface area contributed by atoms with Crippen LogP contribution in [0.5, 0.6) is 0 Å². The van der Waals surface area contributed by atoms with Crippen LogP contribution in [0.3, 0.4) is 0 Å². The number of halogens is 1. The molecule has 0 saturated carbocycles. The van der Waals surface area contributed by atoms with Gasteiger partial charge in [0.2, 0.25) is 0 Å². The van der Waals surface area contributed by atoms with E-state index in [4.69, 9.17) is 0 Å². The quantitative estimate of drug-likeness (QED) is 0.877. The van der Waals surface area contributed by atoms with Gasteiger partial charge in [0.25, 0.3) is 5.91 Å². The Balaban J connectivity index is 0.00000192. The normalized spacial score (nSPS) is 22.9. The molecule has 1 aromatic heterocycles. The summed E-state index contributed by atoms with van der Waals surface area (Å²) in [6.45, 7) is 12.3. The summed E-state index contributed by atoms with van der Waals surface area (Å²) in [5, 5.41) is 7.72. The van der Waals surface area contributed by atoms with Crippen LogP contribution in [0.4, 0.5) is 0 Å². The van der Waals surface area contributed by atoms with E-state index in [1.807, 2.05) is 15.8 Å². The first-order chi connectivity index (χ1) is 10.4. The topological polar surface area (TPSA) is 53.4 Å². The first-order valence-electron chi connectivity index (χ1n) is 8.24. The second kappa shape index (κ2) is 7.20. The van der Waals surface area contributed by atoms with Crippen molar-refractivity contribution in [2.75, 3.05) is 39.3 Å². The van der Waals surface area contributed by atoms with Gasteiger partial charge in [-0.25, -0.2) is 0 Å². The maximum Gasteiger partial charge on any atom is 0.257 e. The van der Waals surface area contributed by atoms with E-state index in [1.54, 1.807) is 6.20 Å². The van der Waals surface area contributed by atoms with Crippen molar-refractivity contribution in [3.63, 3.8) is 0 Å². The third kappa shape index (κ3) is 4.05. The van der Waals surface area contributed by atoms with Gasteiger partial charge in [-0.3, -0.25) is 14.4 Å². The second-order valence-electron chi connectivity index (χ2n) is 7.32. The van der Waals surface area contributed by atoms with E-state index < -0.39 is 0 Å². The second-order valence-corrected chi connectivity index (χ2v) is 7.32. The molecule has 1 N–H and O–H groups in total. The number of likely N-dealkylation sites (tertiary alicyclic amines) is 1. The lowest BCUT2D eigenvalue weighted by molar-refractivity contribution is 0.0773. The Morgan fingerprint density at radius 3 is 2.57 bits per heavy atom. The summed E-state index contributed by atoms with van der Waals surface area (Å²) in [5.74, 6) is 0.119. The van der Waals surface area contributed by atoms with Gasteiger partial charge in [0.1, 0.15) is 0 Å². The highest BCUT2D eigenvalue weighted by atomic mass is 35.5. The van der Waals surface area contributed by atoms with Gasteiger partial charge in [-0.1, -0.05) is 0 Å². The van der Waals surface area contributed by atoms with Crippen LogP contribution < -0.4 is 5.32 Å². The molecule has 1 unspecified atom stereocenters. The number of hydrogen-bond acceptors (Lipinski definition) is 4. The van der Waals surface area contributed by atoms with Gasteiger partial charge in [0, 0.05) is 51.5 Å². The van der Waals surface area contributed by atoms with Gasteiger partial charge < -0.3 is 10.2 Å². The molecule has 7 heteroatoms. The third-order valence-corrected chi connectivity index (χ3v) is 4.64. The number of nitrogens with one attached hydrogen (secondary N) is 1. The van der Waals surface area contributed by atoms with E-state index in [0.717, 1.165) is 45.7 Å². The van der Waals surface area contributed by atoms with Gasteiger partial charge in [-0.2, -0.15) is 5.10 Å². The van der Waals surface area contributed by atoms with Crippen LogP contribution in [-0.4, -0.2) is 70.8 Å². The molecule has 0 aromatic carbocycles. The fourth-order valence-corrected chi connectivity index (χ4v) is 3.25. The first kappa shape index (κ1) is 18.2. The molecule has 1 aromatic rings. The summed E-state index contributed by atoms with van der Waals surface area (Å²) in [5.41, 5.74) is 0.614. The van der Waals surface area contributed by atoms with Crippen molar-refractivity contribution in [3.8, 4) is 0 Å². The number of rotatable bonds is 2. The van der Waals surface area contributed by atoms with Crippen LogP contribution in [0.2, 0.25) is 0 Å². The van der Waals surface area contributed by atoms with E-state index in [2.05, 4.69) is 36.1 Å². The molecule has 1 amide bonds. The van der Waals surface area contributed by atoms with Crippen LogP contribution in [0.1, 0.15) is 37.6 Å². The van der Waals surface area contributed by atoms with Crippen LogP contribution in [0.25, 0.3) is 0 Å². The van der Waals surface area contributed by atoms with Crippen LogP contribution in [0.15, 0.2) is 12.4 Å². The minimum absolute atomic E-state index is 0. The molecule has 2 aliphatic rings. The zero-order valence-corrected chi connectivity index (χ0v) is 15.1. The number of hydrogen-bond donors (Lipinski definition) is 1. The summed E-state index contributed by atoms with van der Waals surface area (Å²) in [6.07, 6.45) is 4.66. The highest BCUT2D eigenvalue weighted by molar-refractivity contribution is 5.94. The number of carbonyl (C=O) groups excluding carboxylic acids is 1. The minimum atomic E-state index is -0.0904. The molecule has 3 heterocycles. The van der Waals surface area contributed by atoms with Crippen molar-refractivity contribution in [1.82, 2.24) is 24.9 Å². The van der Waals surface area contributed by atoms with Crippen molar-refractivity contribution in [3.05, 3.63) is 18.0 Å². The molecule has 2 fully saturated rings. The lowest BCUT2D eigenvalue weighted by Crippen LogP contribution is -2.49. The molecule has 0 radical (unpaired) electrons. The predicted molar refractivity (Wildman–Crippen MR) is 93.2 cm³/mol. The first-order valence-corrected chi connectivity index (χ1v) is 8.24. The van der Waals surface area contributed by atoms with Crippen molar-refractivity contribution in [2.24, 2.45) is 0 Å². The zero-order chi connectivity index (χ0) is 15.7. The fourth-order valence-electron chi connectivity index (χ4n) is 3.25. The number of aromatic nitrogens is 2. The molecular formula is C16H28ClN5O. The van der Waals surface area contributed by atoms with Gasteiger partial charge in [0.05, 0.1) is 17.3 Å². The molecule has 1 atom stereocenters. The predicted octanol–water partition coefficient (Wildman–Crippen LogP) is 1.18. The molecule has 6 nitrogen and oxygen atoms in total. The Kier molecular flexibility index (Phi) is 5.70. The lowest BCUT2D eigenvalue weighted by atomic mass is 10.1. The highest BCUT2D eigenvalue weighted by Gasteiger charge is 2.32. The number of nitrogens with zero attached hydrogens (tertiary/aromatic N) is 4. The summed E-state index contributed by atoms with van der Waals surface area (Å²) < 4.78 is 1.87. The highest BCUT2D eigenvalue weighted by Crippen LogP contribution is 2.20. The lowest BCUT2D eigenvalue weighted by Gasteiger charge is -2.32. The smallest absolute Gasteiger partial charge is 0.257 e. The molecular weight excluding hydrogens is 314 g/mol. The average molecular weight is 342 g/mol. The Bertz CT molecular complexity index is 533. The van der Waals surface area contributed by atoms with E-state index in [9.17, 15) is 4.79 Å². The summed E-state index contributed by atoms with van der Waals surface area (Å²) in [7, 11) is 0.